The molecule has 2 unspecified atom stereocenters. The molecule has 1 fully saturated rings. The Morgan fingerprint density at radius 3 is 2.31 bits per heavy atom. The van der Waals surface area contributed by atoms with Gasteiger partial charge in [-0.25, -0.2) is 5.26 Å². The number of nitrogens with zero attached hydrogens (tertiary/aromatic N) is 5. The van der Waals surface area contributed by atoms with Crippen molar-refractivity contribution in [1.29, 1.82) is 0 Å². The van der Waals surface area contributed by atoms with E-state index in [1.165, 1.54) is 61.8 Å². The van der Waals surface area contributed by atoms with E-state index in [2.05, 4.69) is 196 Å². The molecule has 3 aliphatic rings. The number of hydrogen-bond donors (Lipinski definition) is 5. The second kappa shape index (κ2) is 27.6. The number of amides is 1. The van der Waals surface area contributed by atoms with E-state index in [1.54, 1.807) is 10.8 Å². The summed E-state index contributed by atoms with van der Waals surface area (Å²) in [5, 5.41) is 45.5. The molecule has 1 saturated heterocycles. The monoisotopic (exact) mass is 1240 g/mol. The second-order valence-corrected chi connectivity index (χ2v) is 33.8. The van der Waals surface area contributed by atoms with Crippen LogP contribution in [0.4, 0.5) is 17.2 Å². The molecule has 0 radical (unpaired) electrons. The van der Waals surface area contributed by atoms with Gasteiger partial charge >= 0.3 is 190 Å². The number of anilines is 2. The Hall–Kier alpha value is -6.32. The van der Waals surface area contributed by atoms with Crippen LogP contribution in [0.1, 0.15) is 95.6 Å². The van der Waals surface area contributed by atoms with Gasteiger partial charge in [-0.15, -0.1) is 4.33 Å². The standard InChI is InChI=1S/C58H66N7O16P3S/c1-57(2)48(22-7-5-8-23-49-58(3,4)54-45-21-13-11-18-41(45)26-29-47(54)64(49)33-16-36-85-81-78-69)63(46-28-25-40-17-10-12-20-44(40)53(46)57)32-14-6-9-24-50(66)60-31-35-74-34-15-19-42-37-65(56-52(42)55(59)61-39-62-56)51-30-27-43(75-51)38-84(79-76-67,80-77-68,82(70)71)83(72)73/h5,7-8,10-13,17-18,20-23,25-26,28-29,37,39,43,51H,6,9,14,16,24,27,30-36,38H2,1-4H3,(H5-,59,60,61,62,66,67,68,69)/p+1. The molecule has 0 aliphatic carbocycles. The van der Waals surface area contributed by atoms with Crippen molar-refractivity contribution in [2.45, 2.75) is 95.8 Å². The number of ether oxygens (including phenoxy) is 2. The van der Waals surface area contributed by atoms with Crippen LogP contribution in [-0.2, 0) is 72.2 Å². The first kappa shape index (κ1) is 63.2. The van der Waals surface area contributed by atoms with Gasteiger partial charge in [-0.3, -0.25) is 4.79 Å². The van der Waals surface area contributed by atoms with Crippen LogP contribution in [0.15, 0.2) is 121 Å². The molecule has 3 aliphatic heterocycles. The molecular weight excluding hydrogens is 1180 g/mol. The summed E-state index contributed by atoms with van der Waals surface area (Å²) >= 11 is 1.07. The number of carbonyl (C=O) groups is 1. The number of allylic oxidation sites excluding steroid dienone is 6. The van der Waals surface area contributed by atoms with Crippen molar-refractivity contribution in [2.75, 3.05) is 55.4 Å². The molecule has 2 atom stereocenters. The van der Waals surface area contributed by atoms with Crippen molar-refractivity contribution in [2.24, 2.45) is 0 Å². The number of aromatic nitrogens is 3. The fourth-order valence-corrected chi connectivity index (χ4v) is 18.6. The van der Waals surface area contributed by atoms with Crippen molar-refractivity contribution in [3.8, 4) is 11.8 Å². The summed E-state index contributed by atoms with van der Waals surface area (Å²) in [5.74, 6) is 6.62. The van der Waals surface area contributed by atoms with Gasteiger partial charge in [0.25, 0.3) is 0 Å². The first-order chi connectivity index (χ1) is 41.0. The molecule has 0 bridgehead atoms. The topological polar surface area (TPSA) is 295 Å². The van der Waals surface area contributed by atoms with E-state index in [4.69, 9.17) is 31.0 Å². The molecule has 9 rings (SSSR count). The van der Waals surface area contributed by atoms with Crippen LogP contribution in [0.5, 0.6) is 0 Å². The molecule has 23 nitrogen and oxygen atoms in total. The van der Waals surface area contributed by atoms with Crippen LogP contribution in [0.2, 0.25) is 0 Å². The summed E-state index contributed by atoms with van der Waals surface area (Å²) in [6.07, 6.45) is 8.29. The minimum atomic E-state index is -6.15. The molecule has 2 aromatic heterocycles. The smallest absolute Gasteiger partial charge is 0.210 e. The zero-order valence-corrected chi connectivity index (χ0v) is 50.7. The van der Waals surface area contributed by atoms with Crippen molar-refractivity contribution in [3.05, 3.63) is 138 Å². The van der Waals surface area contributed by atoms with Crippen molar-refractivity contribution < 1.29 is 81.7 Å². The third kappa shape index (κ3) is 12.9. The summed E-state index contributed by atoms with van der Waals surface area (Å²) in [6, 6.07) is 25.9. The summed E-state index contributed by atoms with van der Waals surface area (Å²) < 4.78 is 78.6. The number of nitrogens with one attached hydrogen (secondary N) is 1. The van der Waals surface area contributed by atoms with E-state index in [0.717, 1.165) is 44.4 Å². The maximum atomic E-state index is 13.0. The maximum absolute atomic E-state index is 13.0. The normalized spacial score (nSPS) is 18.2. The van der Waals surface area contributed by atoms with Crippen LogP contribution in [0.3, 0.4) is 0 Å². The van der Waals surface area contributed by atoms with E-state index < -0.39 is 39.7 Å². The van der Waals surface area contributed by atoms with Gasteiger partial charge in [0.05, 0.1) is 5.41 Å². The van der Waals surface area contributed by atoms with Crippen molar-refractivity contribution in [3.63, 3.8) is 0 Å². The van der Waals surface area contributed by atoms with Gasteiger partial charge in [0.1, 0.15) is 6.54 Å². The molecule has 85 heavy (non-hydrogen) atoms. The average Bonchev–Trinajstić information content (AvgIpc) is 1.83. The third-order valence-electron chi connectivity index (χ3n) is 15.7. The van der Waals surface area contributed by atoms with Gasteiger partial charge in [-0.2, -0.15) is 4.58 Å². The predicted octanol–water partition coefficient (Wildman–Crippen LogP) is 12.8. The molecule has 6 aromatic rings. The average molecular weight is 1240 g/mol. The summed E-state index contributed by atoms with van der Waals surface area (Å²) in [6.45, 7) is 11.2. The van der Waals surface area contributed by atoms with Gasteiger partial charge in [0.15, 0.2) is 5.71 Å². The van der Waals surface area contributed by atoms with Crippen LogP contribution in [0, 0.1) is 11.8 Å². The van der Waals surface area contributed by atoms with Crippen LogP contribution < -0.4 is 16.0 Å². The fourth-order valence-electron chi connectivity index (χ4n) is 11.9. The Labute approximate surface area is 495 Å². The van der Waals surface area contributed by atoms with Crippen LogP contribution >= 0.6 is 33.2 Å². The Morgan fingerprint density at radius 2 is 1.59 bits per heavy atom. The molecule has 0 saturated carbocycles. The zero-order chi connectivity index (χ0) is 60.4. The quantitative estimate of drug-likeness (QED) is 0.00446. The van der Waals surface area contributed by atoms with Gasteiger partial charge < -0.3 is 10.2 Å². The molecular formula is C58H67N7O16P3S+. The van der Waals surface area contributed by atoms with Crippen molar-refractivity contribution >= 4 is 94.6 Å². The maximum Gasteiger partial charge on any atom is 0.210 e. The Balaban J connectivity index is 0.790. The second-order valence-electron chi connectivity index (χ2n) is 21.6. The van der Waals surface area contributed by atoms with E-state index in [0.29, 0.717) is 35.2 Å². The van der Waals surface area contributed by atoms with Gasteiger partial charge in [0.2, 0.25) is 11.6 Å². The Morgan fingerprint density at radius 1 is 0.871 bits per heavy atom. The number of hydrogen-bond acceptors (Lipinski definition) is 21. The van der Waals surface area contributed by atoms with Gasteiger partial charge in [0, 0.05) is 78.2 Å². The summed E-state index contributed by atoms with van der Waals surface area (Å²) in [4.78, 5) is 23.8. The molecule has 6 N–H and O–H groups in total. The Bertz CT molecular complexity index is 3770. The van der Waals surface area contributed by atoms with Gasteiger partial charge in [-0.05, 0) is 78.4 Å². The molecule has 450 valence electrons. The van der Waals surface area contributed by atoms with Gasteiger partial charge in [-0.1, -0.05) is 91.7 Å². The Kier molecular flexibility index (Phi) is 20.5. The number of carbonyl (C=O) groups excluding carboxylic acids is 1. The SMILES string of the molecule is CC1(C)C(=CC=CC=CC2=[N+](CCCCCC(=O)NCCOCC#Cc3cn(C4CCC(CP(OOO)(OOO)(P(=O)=O)P(=O)=O)O4)c4ncnc(N)c34)c3ccc4ccccc4c3C2(C)C)N(CCCSOOO)c2ccc3ccccc3c21. The number of nitrogen functional groups attached to an aromatic ring is 1. The summed E-state index contributed by atoms with van der Waals surface area (Å²) in [7, 11) is -8.43. The molecule has 5 heterocycles. The van der Waals surface area contributed by atoms with E-state index in [-0.39, 0.29) is 55.2 Å². The van der Waals surface area contributed by atoms with E-state index >= 15 is 0 Å². The van der Waals surface area contributed by atoms with Crippen LogP contribution in [0.25, 0.3) is 32.6 Å². The minimum absolute atomic E-state index is 0.00565. The fraction of sp³-hybridized carbons (Fsp3) is 0.379. The minimum Gasteiger partial charge on any atom is -0.344 e. The number of nitrogens with two attached hydrogens (primary N) is 1. The first-order valence-corrected chi connectivity index (χ1v) is 34.5. The molecule has 4 aromatic carbocycles. The number of unbranched alkanes of at least 4 members (excludes halogenated alkanes) is 2. The molecule has 0 spiro atoms. The molecule has 27 heteroatoms. The molecule has 1 amide bonds. The summed E-state index contributed by atoms with van der Waals surface area (Å²) in [5.41, 5.74) is 13.8. The largest absolute Gasteiger partial charge is 0.344 e. The van der Waals surface area contributed by atoms with Crippen molar-refractivity contribution in [1.82, 2.24) is 19.9 Å². The zero-order valence-electron chi connectivity index (χ0n) is 47.2. The third-order valence-corrected chi connectivity index (χ3v) is 27.7. The van der Waals surface area contributed by atoms with E-state index in [1.807, 2.05) is 0 Å². The number of fused-ring (bicyclic) bond motifs is 7. The first-order valence-electron chi connectivity index (χ1n) is 27.5. The van der Waals surface area contributed by atoms with E-state index in [9.17, 15) is 23.1 Å². The number of rotatable bonds is 28. The number of benzene rings is 4. The predicted molar refractivity (Wildman–Crippen MR) is 322 cm³/mol. The van der Waals surface area contributed by atoms with Crippen LogP contribution in [-0.4, -0.2) is 97.4 Å².